The van der Waals surface area contributed by atoms with Crippen LogP contribution >= 0.6 is 0 Å². The van der Waals surface area contributed by atoms with Crippen LogP contribution in [-0.2, 0) is 10.1 Å². The van der Waals surface area contributed by atoms with Gasteiger partial charge in [0.25, 0.3) is 10.1 Å². The smallest absolute Gasteiger partial charge is 0.282 e. The monoisotopic (exact) mass is 208 g/mol. The number of hydrogen-bond donors (Lipinski definition) is 1. The molecule has 3 nitrogen and oxygen atoms in total. The van der Waals surface area contributed by atoms with Gasteiger partial charge in [-0.3, -0.25) is 4.55 Å². The summed E-state index contributed by atoms with van der Waals surface area (Å²) in [6.45, 7) is 0. The van der Waals surface area contributed by atoms with Crippen LogP contribution in [0.4, 0.5) is 0 Å². The summed E-state index contributed by atoms with van der Waals surface area (Å²) >= 11 is 0. The molecule has 72 valence electrons. The highest BCUT2D eigenvalue weighted by Gasteiger charge is 2.14. The van der Waals surface area contributed by atoms with E-state index in [1.807, 2.05) is 18.2 Å². The molecule has 0 aromatic rings. The summed E-state index contributed by atoms with van der Waals surface area (Å²) < 4.78 is 30.5. The SMILES string of the molecule is O=S(=O)(O)c1cc2cccccc-2c1. The summed E-state index contributed by atoms with van der Waals surface area (Å²) in [6, 6.07) is 12.0. The Labute approximate surface area is 82.1 Å². The molecule has 0 saturated carbocycles. The zero-order chi connectivity index (χ0) is 10.2. The largest absolute Gasteiger partial charge is 0.294 e. The third-order valence-corrected chi connectivity index (χ3v) is 2.83. The van der Waals surface area contributed by atoms with Crippen LogP contribution in [0, 0.1) is 0 Å². The van der Waals surface area contributed by atoms with Crippen molar-refractivity contribution in [2.75, 3.05) is 0 Å². The van der Waals surface area contributed by atoms with E-state index >= 15 is 0 Å². The maximum atomic E-state index is 10.8. The molecule has 0 radical (unpaired) electrons. The summed E-state index contributed by atoms with van der Waals surface area (Å²) in [5.41, 5.74) is 1.59. The Kier molecular flexibility index (Phi) is 2.02. The molecule has 1 N–H and O–H groups in total. The molecule has 0 aromatic carbocycles. The van der Waals surface area contributed by atoms with Crippen LogP contribution in [0.1, 0.15) is 0 Å². The summed E-state index contributed by atoms with van der Waals surface area (Å²) in [6.07, 6.45) is 0. The third-order valence-electron chi connectivity index (χ3n) is 2.00. The molecule has 2 rings (SSSR count). The maximum absolute atomic E-state index is 10.8. The molecular weight excluding hydrogens is 200 g/mol. The first-order valence-electron chi connectivity index (χ1n) is 4.04. The third kappa shape index (κ3) is 1.62. The van der Waals surface area contributed by atoms with Crippen molar-refractivity contribution in [3.63, 3.8) is 0 Å². The van der Waals surface area contributed by atoms with Gasteiger partial charge in [0, 0.05) is 0 Å². The molecule has 0 aliphatic heterocycles. The fourth-order valence-corrected chi connectivity index (χ4v) is 1.89. The van der Waals surface area contributed by atoms with Crippen molar-refractivity contribution >= 4 is 10.1 Å². The molecule has 0 bridgehead atoms. The number of hydrogen-bond acceptors (Lipinski definition) is 2. The Morgan fingerprint density at radius 2 is 1.43 bits per heavy atom. The lowest BCUT2D eigenvalue weighted by atomic mass is 10.2. The van der Waals surface area contributed by atoms with Gasteiger partial charge in [0.2, 0.25) is 0 Å². The van der Waals surface area contributed by atoms with Gasteiger partial charge in [-0.05, 0) is 23.3 Å². The minimum absolute atomic E-state index is 0.0568. The first kappa shape index (κ1) is 9.18. The molecule has 0 fully saturated rings. The maximum Gasteiger partial charge on any atom is 0.294 e. The second kappa shape index (κ2) is 3.08. The minimum atomic E-state index is -4.09. The summed E-state index contributed by atoms with van der Waals surface area (Å²) in [5.74, 6) is 0. The van der Waals surface area contributed by atoms with E-state index in [4.69, 9.17) is 4.55 Å². The van der Waals surface area contributed by atoms with Gasteiger partial charge in [0.15, 0.2) is 0 Å². The lowest BCUT2D eigenvalue weighted by molar-refractivity contribution is 0.483. The zero-order valence-electron chi connectivity index (χ0n) is 7.21. The molecule has 0 unspecified atom stereocenters. The van der Waals surface area contributed by atoms with Gasteiger partial charge in [-0.1, -0.05) is 30.3 Å². The van der Waals surface area contributed by atoms with E-state index in [1.165, 1.54) is 12.1 Å². The van der Waals surface area contributed by atoms with Crippen molar-refractivity contribution < 1.29 is 13.0 Å². The average molecular weight is 208 g/mol. The second-order valence-corrected chi connectivity index (χ2v) is 4.41. The van der Waals surface area contributed by atoms with Gasteiger partial charge >= 0.3 is 0 Å². The molecule has 2 aliphatic rings. The Bertz CT molecular complexity index is 500. The summed E-state index contributed by atoms with van der Waals surface area (Å²) in [4.78, 5) is -0.0568. The van der Waals surface area contributed by atoms with Crippen LogP contribution < -0.4 is 0 Å². The van der Waals surface area contributed by atoms with Crippen molar-refractivity contribution in [1.82, 2.24) is 0 Å². The lowest BCUT2D eigenvalue weighted by Crippen LogP contribution is -1.94. The van der Waals surface area contributed by atoms with E-state index < -0.39 is 10.1 Å². The van der Waals surface area contributed by atoms with E-state index in [2.05, 4.69) is 0 Å². The first-order chi connectivity index (χ1) is 6.57. The van der Waals surface area contributed by atoms with Gasteiger partial charge in [-0.2, -0.15) is 8.42 Å². The standard InChI is InChI=1S/C10H8O3S/c11-14(12,13)10-6-8-4-2-1-3-5-9(8)7-10/h1-7H,(H,11,12,13). The van der Waals surface area contributed by atoms with E-state index in [0.29, 0.717) is 0 Å². The van der Waals surface area contributed by atoms with Crippen LogP contribution in [0.3, 0.4) is 0 Å². The van der Waals surface area contributed by atoms with Crippen molar-refractivity contribution in [1.29, 1.82) is 0 Å². The van der Waals surface area contributed by atoms with Crippen molar-refractivity contribution in [2.24, 2.45) is 0 Å². The Balaban J connectivity index is 2.71. The van der Waals surface area contributed by atoms with Gasteiger partial charge < -0.3 is 0 Å². The Morgan fingerprint density at radius 3 is 1.86 bits per heavy atom. The molecule has 4 heteroatoms. The van der Waals surface area contributed by atoms with Crippen LogP contribution in [0.15, 0.2) is 47.4 Å². The van der Waals surface area contributed by atoms with Gasteiger partial charge in [-0.15, -0.1) is 0 Å². The molecule has 14 heavy (non-hydrogen) atoms. The molecule has 0 atom stereocenters. The Morgan fingerprint density at radius 1 is 0.929 bits per heavy atom. The molecule has 0 amide bonds. The van der Waals surface area contributed by atoms with Crippen molar-refractivity contribution in [3.8, 4) is 11.1 Å². The van der Waals surface area contributed by atoms with Crippen molar-refractivity contribution in [2.45, 2.75) is 4.90 Å². The summed E-state index contributed by atoms with van der Waals surface area (Å²) in [5, 5.41) is 0. The fourth-order valence-electron chi connectivity index (χ4n) is 1.34. The van der Waals surface area contributed by atoms with Crippen LogP contribution in [-0.4, -0.2) is 13.0 Å². The molecular formula is C10H8O3S. The van der Waals surface area contributed by atoms with Crippen LogP contribution in [0.5, 0.6) is 0 Å². The zero-order valence-corrected chi connectivity index (χ0v) is 8.03. The van der Waals surface area contributed by atoms with E-state index in [-0.39, 0.29) is 4.90 Å². The average Bonchev–Trinajstić information content (AvgIpc) is 2.38. The predicted molar refractivity (Wildman–Crippen MR) is 52.9 cm³/mol. The van der Waals surface area contributed by atoms with Crippen LogP contribution in [0.25, 0.3) is 11.1 Å². The number of rotatable bonds is 1. The normalized spacial score (nSPS) is 11.8. The minimum Gasteiger partial charge on any atom is -0.282 e. The van der Waals surface area contributed by atoms with E-state index in [1.54, 1.807) is 12.1 Å². The van der Waals surface area contributed by atoms with Gasteiger partial charge in [0.05, 0.1) is 4.90 Å². The molecule has 2 aliphatic carbocycles. The fraction of sp³-hybridized carbons (Fsp3) is 0. The van der Waals surface area contributed by atoms with E-state index in [9.17, 15) is 8.42 Å². The molecule has 0 aromatic heterocycles. The quantitative estimate of drug-likeness (QED) is 0.729. The number of fused-ring (bicyclic) bond motifs is 1. The van der Waals surface area contributed by atoms with E-state index in [0.717, 1.165) is 11.1 Å². The first-order valence-corrected chi connectivity index (χ1v) is 5.48. The second-order valence-electron chi connectivity index (χ2n) is 2.99. The summed E-state index contributed by atoms with van der Waals surface area (Å²) in [7, 11) is -4.09. The molecule has 0 saturated heterocycles. The van der Waals surface area contributed by atoms with Gasteiger partial charge in [-0.25, -0.2) is 0 Å². The Hall–Kier alpha value is -1.39. The van der Waals surface area contributed by atoms with Crippen LogP contribution in [0.2, 0.25) is 0 Å². The highest BCUT2D eigenvalue weighted by molar-refractivity contribution is 7.85. The lowest BCUT2D eigenvalue weighted by Gasteiger charge is -1.86. The van der Waals surface area contributed by atoms with Gasteiger partial charge in [0.1, 0.15) is 0 Å². The molecule has 0 spiro atoms. The predicted octanol–water partition coefficient (Wildman–Crippen LogP) is 2.04. The highest BCUT2D eigenvalue weighted by Crippen LogP contribution is 2.27. The van der Waals surface area contributed by atoms with Crippen molar-refractivity contribution in [3.05, 3.63) is 42.5 Å². The topological polar surface area (TPSA) is 54.4 Å². The highest BCUT2D eigenvalue weighted by atomic mass is 32.2. The molecule has 0 heterocycles.